The standard InChI is InChI=1S/C10H13NO2/c1-4-8-10(5-2)13-6-9(11-8)7(3)12/h4-5,9,11H,1-2,6H2,3H3. The smallest absolute Gasteiger partial charge is 0.155 e. The second-order valence-corrected chi connectivity index (χ2v) is 2.80. The van der Waals surface area contributed by atoms with Crippen molar-refractivity contribution >= 4 is 5.78 Å². The van der Waals surface area contributed by atoms with Crippen LogP contribution in [0.5, 0.6) is 0 Å². The third-order valence-corrected chi connectivity index (χ3v) is 1.88. The van der Waals surface area contributed by atoms with E-state index in [1.165, 1.54) is 6.92 Å². The molecule has 0 aromatic heterocycles. The van der Waals surface area contributed by atoms with Crippen molar-refractivity contribution in [2.24, 2.45) is 0 Å². The fourth-order valence-electron chi connectivity index (χ4n) is 1.10. The summed E-state index contributed by atoms with van der Waals surface area (Å²) in [5.74, 6) is 0.704. The third kappa shape index (κ3) is 1.99. The highest BCUT2D eigenvalue weighted by Gasteiger charge is 2.21. The monoisotopic (exact) mass is 179 g/mol. The van der Waals surface area contributed by atoms with E-state index in [0.29, 0.717) is 12.4 Å². The molecule has 1 aliphatic heterocycles. The van der Waals surface area contributed by atoms with Crippen molar-refractivity contribution in [2.45, 2.75) is 13.0 Å². The third-order valence-electron chi connectivity index (χ3n) is 1.88. The normalized spacial score (nSPS) is 21.5. The first kappa shape index (κ1) is 9.58. The van der Waals surface area contributed by atoms with Gasteiger partial charge >= 0.3 is 0 Å². The molecule has 0 aliphatic carbocycles. The maximum Gasteiger partial charge on any atom is 0.155 e. The lowest BCUT2D eigenvalue weighted by Gasteiger charge is -2.25. The largest absolute Gasteiger partial charge is 0.489 e. The van der Waals surface area contributed by atoms with Crippen molar-refractivity contribution in [3.05, 3.63) is 36.8 Å². The second kappa shape index (κ2) is 3.94. The SMILES string of the molecule is C=CC1=C(C=C)OCC(C(C)=O)N1. The Morgan fingerprint density at radius 3 is 2.77 bits per heavy atom. The molecule has 3 heteroatoms. The highest BCUT2D eigenvalue weighted by atomic mass is 16.5. The Labute approximate surface area is 77.8 Å². The van der Waals surface area contributed by atoms with Crippen molar-refractivity contribution < 1.29 is 9.53 Å². The molecule has 0 saturated heterocycles. The van der Waals surface area contributed by atoms with Gasteiger partial charge in [-0.25, -0.2) is 0 Å². The predicted octanol–water partition coefficient (Wildman–Crippen LogP) is 1.15. The molecule has 0 spiro atoms. The van der Waals surface area contributed by atoms with E-state index in [1.807, 2.05) is 0 Å². The summed E-state index contributed by atoms with van der Waals surface area (Å²) in [5.41, 5.74) is 0.724. The van der Waals surface area contributed by atoms with E-state index in [1.54, 1.807) is 12.2 Å². The number of nitrogens with one attached hydrogen (secondary N) is 1. The van der Waals surface area contributed by atoms with Gasteiger partial charge in [-0.15, -0.1) is 0 Å². The Balaban J connectivity index is 2.83. The molecule has 0 bridgehead atoms. The van der Waals surface area contributed by atoms with Crippen LogP contribution in [-0.2, 0) is 9.53 Å². The molecule has 1 aliphatic rings. The number of ketones is 1. The van der Waals surface area contributed by atoms with Crippen LogP contribution in [0.3, 0.4) is 0 Å². The van der Waals surface area contributed by atoms with Crippen LogP contribution < -0.4 is 5.32 Å². The van der Waals surface area contributed by atoms with E-state index in [4.69, 9.17) is 4.74 Å². The number of hydrogen-bond acceptors (Lipinski definition) is 3. The topological polar surface area (TPSA) is 38.3 Å². The van der Waals surface area contributed by atoms with Gasteiger partial charge < -0.3 is 10.1 Å². The molecule has 1 N–H and O–H groups in total. The molecule has 1 atom stereocenters. The molecular formula is C10H13NO2. The van der Waals surface area contributed by atoms with Crippen molar-refractivity contribution in [3.8, 4) is 0 Å². The lowest BCUT2D eigenvalue weighted by atomic mass is 10.1. The number of carbonyl (C=O) groups excluding carboxylic acids is 1. The molecular weight excluding hydrogens is 166 g/mol. The van der Waals surface area contributed by atoms with Crippen molar-refractivity contribution in [2.75, 3.05) is 6.61 Å². The van der Waals surface area contributed by atoms with E-state index >= 15 is 0 Å². The molecule has 0 fully saturated rings. The summed E-state index contributed by atoms with van der Waals surface area (Å²) in [4.78, 5) is 11.0. The first-order chi connectivity index (χ1) is 6.19. The average molecular weight is 179 g/mol. The summed E-state index contributed by atoms with van der Waals surface area (Å²) >= 11 is 0. The van der Waals surface area contributed by atoms with Gasteiger partial charge in [-0.3, -0.25) is 4.79 Å². The molecule has 1 unspecified atom stereocenters. The molecule has 13 heavy (non-hydrogen) atoms. The maximum absolute atomic E-state index is 11.0. The van der Waals surface area contributed by atoms with Crippen LogP contribution in [0, 0.1) is 0 Å². The summed E-state index contributed by atoms with van der Waals surface area (Å²) in [6, 6.07) is -0.267. The van der Waals surface area contributed by atoms with E-state index in [2.05, 4.69) is 18.5 Å². The minimum absolute atomic E-state index is 0.0578. The summed E-state index contributed by atoms with van der Waals surface area (Å²) in [6.07, 6.45) is 3.21. The zero-order chi connectivity index (χ0) is 9.84. The van der Waals surface area contributed by atoms with E-state index in [0.717, 1.165) is 5.70 Å². The summed E-state index contributed by atoms with van der Waals surface area (Å²) in [5, 5.41) is 3.02. The minimum Gasteiger partial charge on any atom is -0.489 e. The molecule has 0 amide bonds. The fraction of sp³-hybridized carbons (Fsp3) is 0.300. The van der Waals surface area contributed by atoms with E-state index < -0.39 is 0 Å². The highest BCUT2D eigenvalue weighted by molar-refractivity contribution is 5.82. The summed E-state index contributed by atoms with van der Waals surface area (Å²) in [7, 11) is 0. The zero-order valence-corrected chi connectivity index (χ0v) is 7.67. The van der Waals surface area contributed by atoms with Crippen LogP contribution in [0.4, 0.5) is 0 Å². The molecule has 70 valence electrons. The van der Waals surface area contributed by atoms with Crippen molar-refractivity contribution in [1.82, 2.24) is 5.32 Å². The maximum atomic E-state index is 11.0. The Kier molecular flexibility index (Phi) is 2.90. The van der Waals surface area contributed by atoms with Gasteiger partial charge in [0.25, 0.3) is 0 Å². The van der Waals surface area contributed by atoms with Crippen LogP contribution in [0.25, 0.3) is 0 Å². The average Bonchev–Trinajstić information content (AvgIpc) is 2.16. The Hall–Kier alpha value is -1.51. The van der Waals surface area contributed by atoms with Crippen LogP contribution >= 0.6 is 0 Å². The van der Waals surface area contributed by atoms with Gasteiger partial charge in [0.15, 0.2) is 5.78 Å². The minimum atomic E-state index is -0.267. The lowest BCUT2D eigenvalue weighted by molar-refractivity contribution is -0.120. The van der Waals surface area contributed by atoms with Gasteiger partial charge in [0.05, 0.1) is 5.70 Å². The van der Waals surface area contributed by atoms with E-state index in [9.17, 15) is 4.79 Å². The summed E-state index contributed by atoms with van der Waals surface area (Å²) < 4.78 is 5.31. The molecule has 1 heterocycles. The van der Waals surface area contributed by atoms with Gasteiger partial charge in [0, 0.05) is 0 Å². The van der Waals surface area contributed by atoms with E-state index in [-0.39, 0.29) is 11.8 Å². The number of Topliss-reactive ketones (excluding diaryl/α,β-unsaturated/α-hetero) is 1. The molecule has 0 radical (unpaired) electrons. The number of ether oxygens (including phenoxy) is 1. The van der Waals surface area contributed by atoms with Gasteiger partial charge in [-0.05, 0) is 19.1 Å². The summed E-state index contributed by atoms with van der Waals surface area (Å²) in [6.45, 7) is 9.10. The molecule has 1 rings (SSSR count). The van der Waals surface area contributed by atoms with Gasteiger partial charge in [0.2, 0.25) is 0 Å². The van der Waals surface area contributed by atoms with Crippen LogP contribution in [0.2, 0.25) is 0 Å². The first-order valence-electron chi connectivity index (χ1n) is 4.08. The number of allylic oxidation sites excluding steroid dienone is 2. The predicted molar refractivity (Wildman–Crippen MR) is 51.0 cm³/mol. The Bertz CT molecular complexity index is 279. The van der Waals surface area contributed by atoms with Gasteiger partial charge in [-0.2, -0.15) is 0 Å². The zero-order valence-electron chi connectivity index (χ0n) is 7.67. The van der Waals surface area contributed by atoms with Crippen LogP contribution in [-0.4, -0.2) is 18.4 Å². The van der Waals surface area contributed by atoms with Gasteiger partial charge in [-0.1, -0.05) is 13.2 Å². The number of carbonyl (C=O) groups is 1. The van der Waals surface area contributed by atoms with Crippen LogP contribution in [0.1, 0.15) is 6.92 Å². The van der Waals surface area contributed by atoms with Crippen molar-refractivity contribution in [3.63, 3.8) is 0 Å². The van der Waals surface area contributed by atoms with Crippen molar-refractivity contribution in [1.29, 1.82) is 0 Å². The second-order valence-electron chi connectivity index (χ2n) is 2.80. The molecule has 3 nitrogen and oxygen atoms in total. The molecule has 0 saturated carbocycles. The quantitative estimate of drug-likeness (QED) is 0.706. The fourth-order valence-corrected chi connectivity index (χ4v) is 1.10. The molecule has 0 aromatic rings. The number of rotatable bonds is 3. The van der Waals surface area contributed by atoms with Crippen LogP contribution in [0.15, 0.2) is 36.8 Å². The Morgan fingerprint density at radius 2 is 2.31 bits per heavy atom. The first-order valence-corrected chi connectivity index (χ1v) is 4.08. The Morgan fingerprint density at radius 1 is 1.62 bits per heavy atom. The lowest BCUT2D eigenvalue weighted by Crippen LogP contribution is -2.42. The molecule has 0 aromatic carbocycles. The highest BCUT2D eigenvalue weighted by Crippen LogP contribution is 2.13. The van der Waals surface area contributed by atoms with Gasteiger partial charge in [0.1, 0.15) is 18.4 Å². The number of hydrogen-bond donors (Lipinski definition) is 1.